The Labute approximate surface area is 196 Å². The first-order valence-corrected chi connectivity index (χ1v) is 13.5. The quantitative estimate of drug-likeness (QED) is 0.728. The lowest BCUT2D eigenvalue weighted by atomic mass is 9.76. The summed E-state index contributed by atoms with van der Waals surface area (Å²) in [6.07, 6.45) is 9.34. The van der Waals surface area contributed by atoms with Crippen LogP contribution in [0.5, 0.6) is 0 Å². The Morgan fingerprint density at radius 3 is 2.50 bits per heavy atom. The largest absolute Gasteiger partial charge is 0.394 e. The molecule has 1 N–H and O–H groups in total. The van der Waals surface area contributed by atoms with E-state index in [-0.39, 0.29) is 12.1 Å². The number of piperidine rings is 1. The molecule has 2 saturated heterocycles. The van der Waals surface area contributed by atoms with E-state index in [1.54, 1.807) is 6.20 Å². The fourth-order valence-electron chi connectivity index (χ4n) is 6.29. The van der Waals surface area contributed by atoms with Crippen LogP contribution in [0.1, 0.15) is 56.4 Å². The molecular formula is C24H29ClN4O2S. The molecule has 4 heterocycles. The third kappa shape index (κ3) is 3.27. The van der Waals surface area contributed by atoms with Gasteiger partial charge < -0.3 is 14.9 Å². The van der Waals surface area contributed by atoms with Crippen LogP contribution in [0.2, 0.25) is 5.02 Å². The molecule has 1 aromatic carbocycles. The van der Waals surface area contributed by atoms with E-state index in [0.717, 1.165) is 66.6 Å². The number of benzene rings is 1. The fraction of sp³-hybridized carbons (Fsp3) is 0.583. The Morgan fingerprint density at radius 1 is 1.16 bits per heavy atom. The highest BCUT2D eigenvalue weighted by Crippen LogP contribution is 2.46. The van der Waals surface area contributed by atoms with Gasteiger partial charge in [0.15, 0.2) is 5.82 Å². The predicted molar refractivity (Wildman–Crippen MR) is 127 cm³/mol. The topological polar surface area (TPSA) is 69.6 Å². The van der Waals surface area contributed by atoms with Gasteiger partial charge in [0.05, 0.1) is 34.0 Å². The van der Waals surface area contributed by atoms with Crippen molar-refractivity contribution in [1.29, 1.82) is 0 Å². The van der Waals surface area contributed by atoms with E-state index in [9.17, 15) is 9.32 Å². The molecule has 6 rings (SSSR count). The molecule has 0 amide bonds. The summed E-state index contributed by atoms with van der Waals surface area (Å²) in [4.78, 5) is 15.1. The number of nitrogens with zero attached hydrogens (tertiary/aromatic N) is 4. The average molecular weight is 473 g/mol. The first kappa shape index (κ1) is 20.9. The van der Waals surface area contributed by atoms with Crippen LogP contribution < -0.4 is 9.80 Å². The number of fused-ring (bicyclic) bond motifs is 3. The normalized spacial score (nSPS) is 30.7. The highest BCUT2D eigenvalue weighted by Gasteiger charge is 2.47. The maximum Gasteiger partial charge on any atom is 0.227 e. The van der Waals surface area contributed by atoms with Gasteiger partial charge in [0, 0.05) is 29.4 Å². The Morgan fingerprint density at radius 2 is 1.88 bits per heavy atom. The lowest BCUT2D eigenvalue weighted by Crippen LogP contribution is -2.59. The second-order valence-corrected chi connectivity index (χ2v) is 11.8. The first-order valence-electron chi connectivity index (χ1n) is 11.8. The van der Waals surface area contributed by atoms with Crippen molar-refractivity contribution in [1.82, 2.24) is 9.97 Å². The van der Waals surface area contributed by atoms with Gasteiger partial charge in [-0.25, -0.2) is 4.98 Å². The third-order valence-corrected chi connectivity index (χ3v) is 9.77. The molecule has 0 radical (unpaired) electrons. The summed E-state index contributed by atoms with van der Waals surface area (Å²) in [5.41, 5.74) is 1.12. The Kier molecular flexibility index (Phi) is 5.19. The monoisotopic (exact) mass is 472 g/mol. The number of aliphatic hydroxyl groups is 1. The fourth-order valence-corrected chi connectivity index (χ4v) is 7.52. The minimum atomic E-state index is -1.08. The molecule has 3 atom stereocenters. The lowest BCUT2D eigenvalue weighted by Gasteiger charge is -2.51. The van der Waals surface area contributed by atoms with Gasteiger partial charge in [-0.2, -0.15) is 4.98 Å². The van der Waals surface area contributed by atoms with E-state index in [4.69, 9.17) is 21.6 Å². The van der Waals surface area contributed by atoms with Crippen molar-refractivity contribution in [2.45, 2.75) is 73.4 Å². The Bertz CT molecular complexity index is 1030. The van der Waals surface area contributed by atoms with Crippen LogP contribution in [-0.2, 0) is 10.8 Å². The van der Waals surface area contributed by atoms with Gasteiger partial charge in [-0.15, -0.1) is 0 Å². The summed E-state index contributed by atoms with van der Waals surface area (Å²) in [6, 6.07) is 9.15. The molecule has 0 spiro atoms. The molecule has 3 aliphatic heterocycles. The van der Waals surface area contributed by atoms with Gasteiger partial charge in [0.2, 0.25) is 5.95 Å². The van der Waals surface area contributed by atoms with E-state index >= 15 is 0 Å². The zero-order chi connectivity index (χ0) is 21.9. The van der Waals surface area contributed by atoms with Crippen LogP contribution in [0, 0.1) is 0 Å². The minimum Gasteiger partial charge on any atom is -0.394 e. The van der Waals surface area contributed by atoms with E-state index < -0.39 is 10.8 Å². The van der Waals surface area contributed by atoms with Crippen molar-refractivity contribution >= 4 is 34.2 Å². The van der Waals surface area contributed by atoms with Gasteiger partial charge in [-0.05, 0) is 68.6 Å². The summed E-state index contributed by atoms with van der Waals surface area (Å²) in [6.45, 7) is 0.804. The van der Waals surface area contributed by atoms with E-state index in [2.05, 4.69) is 21.9 Å². The molecule has 170 valence electrons. The van der Waals surface area contributed by atoms with Crippen molar-refractivity contribution in [3.8, 4) is 0 Å². The number of anilines is 2. The van der Waals surface area contributed by atoms with Crippen LogP contribution in [0.15, 0.2) is 35.4 Å². The zero-order valence-corrected chi connectivity index (χ0v) is 19.7. The summed E-state index contributed by atoms with van der Waals surface area (Å²) in [5, 5.41) is 11.0. The molecule has 2 bridgehead atoms. The molecule has 2 unspecified atom stereocenters. The molecule has 32 heavy (non-hydrogen) atoms. The summed E-state index contributed by atoms with van der Waals surface area (Å²) in [5.74, 6) is 2.67. The molecule has 3 fully saturated rings. The van der Waals surface area contributed by atoms with Crippen LogP contribution in [-0.4, -0.2) is 55.8 Å². The molecule has 8 heteroatoms. The van der Waals surface area contributed by atoms with Crippen molar-refractivity contribution in [3.05, 3.63) is 41.0 Å². The molecule has 2 aromatic rings. The zero-order valence-electron chi connectivity index (χ0n) is 18.1. The van der Waals surface area contributed by atoms with Crippen LogP contribution in [0.4, 0.5) is 11.8 Å². The summed E-state index contributed by atoms with van der Waals surface area (Å²) in [7, 11) is -1.08. The van der Waals surface area contributed by atoms with E-state index in [0.29, 0.717) is 30.3 Å². The number of hydrogen-bond donors (Lipinski definition) is 1. The number of halogens is 1. The standard InChI is InChI=1S/C24H29ClN4O2S/c25-18-4-2-16(3-5-18)17-12-19-6-7-20(13-17)29(19)23-26-14-21-22(27-23)28(10-11-32(21)31)24(15-30)8-1-9-24/h2-5,14,17,19-20,30H,1,6-13,15H2/t17?,19?,20?,32-/m1/s1. The maximum absolute atomic E-state index is 12.7. The van der Waals surface area contributed by atoms with Crippen molar-refractivity contribution < 1.29 is 9.32 Å². The van der Waals surface area contributed by atoms with E-state index in [1.807, 2.05) is 12.1 Å². The third-order valence-electron chi connectivity index (χ3n) is 8.18. The second-order valence-electron chi connectivity index (χ2n) is 9.81. The molecule has 1 aliphatic carbocycles. The first-order chi connectivity index (χ1) is 15.6. The van der Waals surface area contributed by atoms with Crippen molar-refractivity contribution in [2.75, 3.05) is 28.7 Å². The smallest absolute Gasteiger partial charge is 0.227 e. The summed E-state index contributed by atoms with van der Waals surface area (Å²) < 4.78 is 12.7. The Balaban J connectivity index is 1.31. The second kappa shape index (κ2) is 7.96. The average Bonchev–Trinajstić information content (AvgIpc) is 3.04. The molecule has 4 aliphatic rings. The van der Waals surface area contributed by atoms with Crippen LogP contribution in [0.25, 0.3) is 0 Å². The van der Waals surface area contributed by atoms with Crippen LogP contribution in [0.3, 0.4) is 0 Å². The van der Waals surface area contributed by atoms with Gasteiger partial charge in [-0.1, -0.05) is 23.7 Å². The molecule has 1 saturated carbocycles. The highest BCUT2D eigenvalue weighted by molar-refractivity contribution is 7.85. The predicted octanol–water partition coefficient (Wildman–Crippen LogP) is 3.89. The SMILES string of the molecule is O=[S@@]1CCN(C2(CO)CCC2)c2nc(N3C4CCC3CC(c3ccc(Cl)cc3)C4)ncc21. The van der Waals surface area contributed by atoms with Gasteiger partial charge in [0.1, 0.15) is 0 Å². The van der Waals surface area contributed by atoms with Crippen LogP contribution >= 0.6 is 11.6 Å². The highest BCUT2D eigenvalue weighted by atomic mass is 35.5. The summed E-state index contributed by atoms with van der Waals surface area (Å²) >= 11 is 6.09. The van der Waals surface area contributed by atoms with Gasteiger partial charge in [0.25, 0.3) is 0 Å². The molecule has 6 nitrogen and oxygen atoms in total. The Hall–Kier alpha value is -1.70. The number of hydrogen-bond acceptors (Lipinski definition) is 6. The van der Waals surface area contributed by atoms with Crippen molar-refractivity contribution in [3.63, 3.8) is 0 Å². The number of aromatic nitrogens is 2. The van der Waals surface area contributed by atoms with Crippen molar-refractivity contribution in [2.24, 2.45) is 0 Å². The van der Waals surface area contributed by atoms with Gasteiger partial charge >= 0.3 is 0 Å². The maximum atomic E-state index is 12.7. The number of aliphatic hydroxyl groups excluding tert-OH is 1. The molecule has 1 aromatic heterocycles. The number of rotatable bonds is 4. The lowest BCUT2D eigenvalue weighted by molar-refractivity contribution is 0.115. The minimum absolute atomic E-state index is 0.121. The van der Waals surface area contributed by atoms with Gasteiger partial charge in [-0.3, -0.25) is 4.21 Å². The molecular weight excluding hydrogens is 444 g/mol. The van der Waals surface area contributed by atoms with E-state index in [1.165, 1.54) is 5.56 Å².